The van der Waals surface area contributed by atoms with Crippen LogP contribution in [0.25, 0.3) is 0 Å². The molecule has 0 aromatic carbocycles. The Hall–Kier alpha value is -6.13. The molecule has 1 fully saturated rings. The average Bonchev–Trinajstić information content (AvgIpc) is 1.34. The van der Waals surface area contributed by atoms with Gasteiger partial charge in [-0.2, -0.15) is 0 Å². The van der Waals surface area contributed by atoms with Gasteiger partial charge in [-0.1, -0.05) is 123 Å². The molecule has 0 aromatic heterocycles. The summed E-state index contributed by atoms with van der Waals surface area (Å²) in [6.07, 6.45) is 3.18. The summed E-state index contributed by atoms with van der Waals surface area (Å²) in [7, 11) is 9.97. The first-order valence-corrected chi connectivity index (χ1v) is 32.0. The lowest BCUT2D eigenvalue weighted by atomic mass is 9.91. The maximum absolute atomic E-state index is 15.2. The summed E-state index contributed by atoms with van der Waals surface area (Å²) in [5, 5.41) is 23.4. The fourth-order valence-electron chi connectivity index (χ4n) is 11.5. The molecule has 1 aliphatic rings. The van der Waals surface area contributed by atoms with E-state index in [0.717, 1.165) is 9.80 Å². The second kappa shape index (κ2) is 36.5. The summed E-state index contributed by atoms with van der Waals surface area (Å²) in [5.41, 5.74) is 0. The third kappa shape index (κ3) is 22.7. The van der Waals surface area contributed by atoms with Crippen LogP contribution in [0, 0.1) is 47.3 Å². The van der Waals surface area contributed by atoms with Gasteiger partial charge in [0.1, 0.15) is 60.4 Å². The molecule has 12 atom stereocenters. The summed E-state index contributed by atoms with van der Waals surface area (Å²) in [4.78, 5) is 170. The third-order valence-corrected chi connectivity index (χ3v) is 16.6. The monoisotopic (exact) mass is 1240 g/mol. The van der Waals surface area contributed by atoms with Crippen LogP contribution >= 0.6 is 0 Å². The van der Waals surface area contributed by atoms with Crippen LogP contribution in [0.2, 0.25) is 0 Å². The minimum absolute atomic E-state index is 0.0217. The van der Waals surface area contributed by atoms with Crippen LogP contribution in [-0.4, -0.2) is 227 Å². The van der Waals surface area contributed by atoms with Crippen molar-refractivity contribution in [2.24, 2.45) is 47.3 Å². The van der Waals surface area contributed by atoms with Crippen molar-refractivity contribution in [3.63, 3.8) is 0 Å². The number of nitrogens with zero attached hydrogens (tertiary/aromatic N) is 7. The second-order valence-electron chi connectivity index (χ2n) is 27.6. The van der Waals surface area contributed by atoms with E-state index in [9.17, 15) is 43.5 Å². The van der Waals surface area contributed by atoms with E-state index in [0.29, 0.717) is 6.42 Å². The zero-order chi connectivity index (χ0) is 68.3. The Kier molecular flexibility index (Phi) is 33.1. The molecule has 0 aliphatic carbocycles. The van der Waals surface area contributed by atoms with E-state index in [1.807, 2.05) is 75.3 Å². The maximum Gasteiger partial charge on any atom is 0.246 e. The van der Waals surface area contributed by atoms with Gasteiger partial charge in [0.2, 0.25) is 65.0 Å². The highest BCUT2D eigenvalue weighted by atomic mass is 16.3. The number of allylic oxidation sites excluding steroid dienone is 2. The highest BCUT2D eigenvalue weighted by Gasteiger charge is 2.46. The SMILES string of the molecule is C/C=C/C[C@@H](C)[C@@H](O)[C@H]1C(=O)N[C@@H](CC)C(=O)N(C)CC(=O)N(C)[C@@H](C(C)C)C(=O)N[C@@H](CC(C)C)C(=O)N(C)[C@@H](CC(C)C)C(=O)N[C@@H](CC(C)C)C(=O)N[C@H](C)C(=O)N(C)[C@@H](CC(C)C)C(=O)N(C)[C@@H](CC(C)C)C(=O)N(C)[C@@H](C(C)C)C(=O)N1C. The molecule has 0 bridgehead atoms. The first-order chi connectivity index (χ1) is 40.6. The normalized spacial score (nSPS) is 26.5. The van der Waals surface area contributed by atoms with Gasteiger partial charge in [-0.25, -0.2) is 0 Å². The smallest absolute Gasteiger partial charge is 0.246 e. The van der Waals surface area contributed by atoms with E-state index < -0.39 is 156 Å². The number of carbonyl (C=O) groups excluding carboxylic acids is 11. The van der Waals surface area contributed by atoms with E-state index in [-0.39, 0.29) is 68.1 Å². The molecule has 0 radical (unpaired) electrons. The van der Waals surface area contributed by atoms with Crippen LogP contribution in [0.1, 0.15) is 170 Å². The van der Waals surface area contributed by atoms with E-state index in [4.69, 9.17) is 0 Å². The van der Waals surface area contributed by atoms with Crippen molar-refractivity contribution in [1.29, 1.82) is 0 Å². The molecule has 0 spiro atoms. The topological polar surface area (TPSA) is 279 Å². The van der Waals surface area contributed by atoms with Crippen molar-refractivity contribution in [1.82, 2.24) is 55.6 Å². The molecular formula is C65H117N11O12. The predicted octanol–water partition coefficient (Wildman–Crippen LogP) is 4.30. The molecule has 0 saturated carbocycles. The van der Waals surface area contributed by atoms with Crippen LogP contribution in [0.15, 0.2) is 12.2 Å². The molecule has 5 N–H and O–H groups in total. The number of likely N-dealkylation sites (N-methyl/N-ethyl adjacent to an activating group) is 7. The molecule has 23 nitrogen and oxygen atoms in total. The number of nitrogens with one attached hydrogen (secondary N) is 4. The van der Waals surface area contributed by atoms with Crippen LogP contribution < -0.4 is 21.3 Å². The Bertz CT molecular complexity index is 2390. The Morgan fingerprint density at radius 3 is 1.28 bits per heavy atom. The molecule has 23 heteroatoms. The van der Waals surface area contributed by atoms with Gasteiger partial charge in [-0.05, 0) is 106 Å². The van der Waals surface area contributed by atoms with Gasteiger partial charge in [0, 0.05) is 49.3 Å². The summed E-state index contributed by atoms with van der Waals surface area (Å²) < 4.78 is 0. The summed E-state index contributed by atoms with van der Waals surface area (Å²) in [5.74, 6) is -9.76. The molecular weight excluding hydrogens is 1130 g/mol. The summed E-state index contributed by atoms with van der Waals surface area (Å²) in [6.45, 7) is 31.8. The van der Waals surface area contributed by atoms with Gasteiger partial charge >= 0.3 is 0 Å². The van der Waals surface area contributed by atoms with Gasteiger partial charge in [-0.3, -0.25) is 52.7 Å². The minimum atomic E-state index is -1.61. The van der Waals surface area contributed by atoms with Gasteiger partial charge in [0.05, 0.1) is 12.6 Å². The number of hydrogen-bond donors (Lipinski definition) is 5. The molecule has 11 amide bonds. The van der Waals surface area contributed by atoms with Crippen molar-refractivity contribution in [3.8, 4) is 0 Å². The number of amides is 11. The standard InChI is InChI=1S/C65H117N11O12/c1-26-28-29-43(17)55(78)54-59(82)67-45(27-2)61(84)70(19)35-51(77)74(23)52(41(13)14)58(81)69-47(31-37(5)6)62(85)71(20)48(32-38(7)8)57(80)68-46(30-36(3)4)56(79)66-44(18)60(83)72(21)49(33-39(9)10)63(86)73(22)50(34-40(11)12)64(87)75(24)53(42(15)16)65(88)76(54)25/h26,28,36-50,52-55,78H,27,29-35H2,1-25H3,(H,66,79)(H,67,82)(H,68,80)(H,69,81)/b28-26+/t43-,44-,45+,46+,47+,48+,49+,50+,52+,53+,54+,55-/m1/s1. The lowest BCUT2D eigenvalue weighted by Gasteiger charge is -2.41. The van der Waals surface area contributed by atoms with Gasteiger partial charge in [0.25, 0.3) is 0 Å². The Morgan fingerprint density at radius 1 is 0.432 bits per heavy atom. The van der Waals surface area contributed by atoms with Crippen molar-refractivity contribution in [3.05, 3.63) is 12.2 Å². The van der Waals surface area contributed by atoms with Crippen LogP contribution in [0.4, 0.5) is 0 Å². The first-order valence-electron chi connectivity index (χ1n) is 32.0. The molecule has 1 rings (SSSR count). The van der Waals surface area contributed by atoms with Gasteiger partial charge in [0.15, 0.2) is 0 Å². The number of hydrogen-bond acceptors (Lipinski definition) is 12. The van der Waals surface area contributed by atoms with Gasteiger partial charge in [-0.15, -0.1) is 0 Å². The van der Waals surface area contributed by atoms with Crippen molar-refractivity contribution >= 4 is 65.0 Å². The zero-order valence-corrected chi connectivity index (χ0v) is 58.3. The Morgan fingerprint density at radius 2 is 0.830 bits per heavy atom. The molecule has 1 aliphatic heterocycles. The van der Waals surface area contributed by atoms with Crippen LogP contribution in [0.3, 0.4) is 0 Å². The fraction of sp³-hybridized carbons (Fsp3) is 0.800. The highest BCUT2D eigenvalue weighted by molar-refractivity contribution is 5.99. The molecule has 0 unspecified atom stereocenters. The quantitative estimate of drug-likeness (QED) is 0.128. The number of aliphatic hydroxyl groups excluding tert-OH is 1. The van der Waals surface area contributed by atoms with Gasteiger partial charge < -0.3 is 60.7 Å². The number of carbonyl (C=O) groups is 11. The van der Waals surface area contributed by atoms with Crippen molar-refractivity contribution in [2.45, 2.75) is 236 Å². The third-order valence-electron chi connectivity index (χ3n) is 16.6. The molecule has 1 saturated heterocycles. The fourth-order valence-corrected chi connectivity index (χ4v) is 11.5. The van der Waals surface area contributed by atoms with Crippen molar-refractivity contribution < 1.29 is 57.8 Å². The van der Waals surface area contributed by atoms with E-state index in [1.54, 1.807) is 54.5 Å². The zero-order valence-electron chi connectivity index (χ0n) is 58.3. The Balaban J connectivity index is 4.41. The largest absolute Gasteiger partial charge is 0.390 e. The molecule has 0 aromatic rings. The predicted molar refractivity (Wildman–Crippen MR) is 342 cm³/mol. The number of rotatable bonds is 17. The summed E-state index contributed by atoms with van der Waals surface area (Å²) in [6, 6.07) is -12.3. The molecule has 504 valence electrons. The van der Waals surface area contributed by atoms with Crippen LogP contribution in [0.5, 0.6) is 0 Å². The van der Waals surface area contributed by atoms with E-state index >= 15 is 14.4 Å². The highest BCUT2D eigenvalue weighted by Crippen LogP contribution is 2.26. The Labute approximate surface area is 527 Å². The first kappa shape index (κ1) is 79.9. The van der Waals surface area contributed by atoms with Crippen molar-refractivity contribution in [2.75, 3.05) is 55.9 Å². The van der Waals surface area contributed by atoms with E-state index in [2.05, 4.69) is 21.3 Å². The lowest BCUT2D eigenvalue weighted by molar-refractivity contribution is -0.157. The average molecular weight is 1240 g/mol. The minimum Gasteiger partial charge on any atom is -0.390 e. The molecule has 1 heterocycles. The number of aliphatic hydroxyl groups is 1. The summed E-state index contributed by atoms with van der Waals surface area (Å²) >= 11 is 0. The van der Waals surface area contributed by atoms with E-state index in [1.165, 1.54) is 80.8 Å². The molecule has 88 heavy (non-hydrogen) atoms. The van der Waals surface area contributed by atoms with Crippen LogP contribution in [-0.2, 0) is 52.7 Å². The second-order valence-corrected chi connectivity index (χ2v) is 27.6. The maximum atomic E-state index is 15.2. The lowest BCUT2D eigenvalue weighted by Crippen LogP contribution is -2.63.